The van der Waals surface area contributed by atoms with Gasteiger partial charge in [0.2, 0.25) is 11.7 Å². The molecule has 1 fully saturated rings. The van der Waals surface area contributed by atoms with Crippen LogP contribution in [0.25, 0.3) is 11.4 Å². The first kappa shape index (κ1) is 15.8. The second-order valence-corrected chi connectivity index (χ2v) is 6.89. The summed E-state index contributed by atoms with van der Waals surface area (Å²) in [6.07, 6.45) is 0.0373. The van der Waals surface area contributed by atoms with Crippen LogP contribution in [0.4, 0.5) is 0 Å². The fourth-order valence-electron chi connectivity index (χ4n) is 2.74. The Hall–Kier alpha value is -1.73. The first-order valence-corrected chi connectivity index (χ1v) is 9.04. The number of ether oxygens (including phenoxy) is 1. The zero-order chi connectivity index (χ0) is 16.4. The number of nitrogens with zero attached hydrogens (tertiary/aromatic N) is 3. The molecule has 4 rings (SSSR count). The van der Waals surface area contributed by atoms with Gasteiger partial charge in [0.05, 0.1) is 19.3 Å². The largest absolute Gasteiger partial charge is 0.371 e. The molecule has 0 amide bonds. The number of morpholine rings is 1. The molecular formula is C17H16ClN3O2S. The quantitative estimate of drug-likeness (QED) is 0.702. The number of halogens is 1. The highest BCUT2D eigenvalue weighted by molar-refractivity contribution is 7.08. The third kappa shape index (κ3) is 3.52. The van der Waals surface area contributed by atoms with Crippen LogP contribution < -0.4 is 0 Å². The molecule has 1 atom stereocenters. The molecular weight excluding hydrogens is 346 g/mol. The van der Waals surface area contributed by atoms with Crippen LogP contribution in [0.5, 0.6) is 0 Å². The molecule has 7 heteroatoms. The normalized spacial score (nSPS) is 18.8. The van der Waals surface area contributed by atoms with E-state index >= 15 is 0 Å². The van der Waals surface area contributed by atoms with Gasteiger partial charge in [0.15, 0.2) is 0 Å². The predicted molar refractivity (Wildman–Crippen MR) is 93.0 cm³/mol. The van der Waals surface area contributed by atoms with Gasteiger partial charge in [0, 0.05) is 29.1 Å². The standard InChI is InChI=1S/C17H16ClN3O2S/c18-14-3-1-12(2-4-14)15-9-21(6-7-22-15)10-16-19-17(20-23-16)13-5-8-24-11-13/h1-5,8,11,15H,6-7,9-10H2/t15-/m0/s1. The van der Waals surface area contributed by atoms with Crippen molar-refractivity contribution < 1.29 is 9.26 Å². The molecule has 0 radical (unpaired) electrons. The van der Waals surface area contributed by atoms with Crippen LogP contribution in [-0.2, 0) is 11.3 Å². The lowest BCUT2D eigenvalue weighted by atomic mass is 10.1. The van der Waals surface area contributed by atoms with Crippen molar-refractivity contribution in [1.29, 1.82) is 0 Å². The van der Waals surface area contributed by atoms with Crippen molar-refractivity contribution in [2.24, 2.45) is 0 Å². The Morgan fingerprint density at radius 3 is 2.92 bits per heavy atom. The number of rotatable bonds is 4. The molecule has 0 unspecified atom stereocenters. The van der Waals surface area contributed by atoms with E-state index in [4.69, 9.17) is 20.9 Å². The molecule has 1 aliphatic rings. The van der Waals surface area contributed by atoms with E-state index in [1.165, 1.54) is 0 Å². The van der Waals surface area contributed by atoms with E-state index in [0.717, 1.165) is 29.2 Å². The Labute approximate surface area is 148 Å². The summed E-state index contributed by atoms with van der Waals surface area (Å²) in [6.45, 7) is 2.95. The second kappa shape index (κ2) is 7.03. The van der Waals surface area contributed by atoms with Crippen molar-refractivity contribution >= 4 is 22.9 Å². The molecule has 3 aromatic rings. The Morgan fingerprint density at radius 2 is 2.12 bits per heavy atom. The van der Waals surface area contributed by atoms with Gasteiger partial charge in [-0.3, -0.25) is 4.90 Å². The average molecular weight is 362 g/mol. The zero-order valence-corrected chi connectivity index (χ0v) is 14.5. The van der Waals surface area contributed by atoms with Crippen LogP contribution in [0, 0.1) is 0 Å². The average Bonchev–Trinajstić information content (AvgIpc) is 3.27. The van der Waals surface area contributed by atoms with Gasteiger partial charge in [-0.2, -0.15) is 16.3 Å². The monoisotopic (exact) mass is 361 g/mol. The van der Waals surface area contributed by atoms with Gasteiger partial charge < -0.3 is 9.26 Å². The van der Waals surface area contributed by atoms with Crippen LogP contribution in [0.2, 0.25) is 5.02 Å². The summed E-state index contributed by atoms with van der Waals surface area (Å²) >= 11 is 7.57. The summed E-state index contributed by atoms with van der Waals surface area (Å²) in [5.41, 5.74) is 2.13. The smallest absolute Gasteiger partial charge is 0.241 e. The third-order valence-corrected chi connectivity index (χ3v) is 4.93. The van der Waals surface area contributed by atoms with Gasteiger partial charge in [-0.15, -0.1) is 0 Å². The summed E-state index contributed by atoms with van der Waals surface area (Å²) in [4.78, 5) is 6.76. The Kier molecular flexibility index (Phi) is 4.62. The first-order chi connectivity index (χ1) is 11.8. The minimum atomic E-state index is 0.0373. The van der Waals surface area contributed by atoms with E-state index in [-0.39, 0.29) is 6.10 Å². The highest BCUT2D eigenvalue weighted by Crippen LogP contribution is 2.25. The fraction of sp³-hybridized carbons (Fsp3) is 0.294. The van der Waals surface area contributed by atoms with Crippen LogP contribution in [0.1, 0.15) is 17.6 Å². The Morgan fingerprint density at radius 1 is 1.25 bits per heavy atom. The summed E-state index contributed by atoms with van der Waals surface area (Å²) in [7, 11) is 0. The van der Waals surface area contributed by atoms with Crippen molar-refractivity contribution in [3.05, 3.63) is 57.6 Å². The molecule has 1 aromatic carbocycles. The number of hydrogen-bond donors (Lipinski definition) is 0. The molecule has 0 bridgehead atoms. The SMILES string of the molecule is Clc1ccc([C@@H]2CN(Cc3nc(-c4ccsc4)no3)CCO2)cc1. The van der Waals surface area contributed by atoms with Gasteiger partial charge in [-0.05, 0) is 29.1 Å². The van der Waals surface area contributed by atoms with Gasteiger partial charge >= 0.3 is 0 Å². The number of benzene rings is 1. The van der Waals surface area contributed by atoms with Crippen molar-refractivity contribution in [2.45, 2.75) is 12.6 Å². The van der Waals surface area contributed by atoms with Crippen LogP contribution in [0.3, 0.4) is 0 Å². The lowest BCUT2D eigenvalue weighted by Gasteiger charge is -2.32. The topological polar surface area (TPSA) is 51.4 Å². The molecule has 1 saturated heterocycles. The molecule has 1 aliphatic heterocycles. The summed E-state index contributed by atoms with van der Waals surface area (Å²) < 4.78 is 11.3. The molecule has 2 aromatic heterocycles. The number of aromatic nitrogens is 2. The molecule has 24 heavy (non-hydrogen) atoms. The van der Waals surface area contributed by atoms with E-state index in [1.54, 1.807) is 11.3 Å². The zero-order valence-electron chi connectivity index (χ0n) is 12.9. The Balaban J connectivity index is 1.42. The highest BCUT2D eigenvalue weighted by atomic mass is 35.5. The number of hydrogen-bond acceptors (Lipinski definition) is 6. The minimum Gasteiger partial charge on any atom is -0.371 e. The van der Waals surface area contributed by atoms with Crippen LogP contribution in [-0.4, -0.2) is 34.7 Å². The summed E-state index contributed by atoms with van der Waals surface area (Å²) in [5, 5.41) is 8.81. The maximum Gasteiger partial charge on any atom is 0.241 e. The van der Waals surface area contributed by atoms with E-state index < -0.39 is 0 Å². The van der Waals surface area contributed by atoms with Crippen molar-refractivity contribution in [1.82, 2.24) is 15.0 Å². The minimum absolute atomic E-state index is 0.0373. The predicted octanol–water partition coefficient (Wildman–Crippen LogP) is 4.03. The van der Waals surface area contributed by atoms with Crippen LogP contribution in [0.15, 0.2) is 45.6 Å². The molecule has 0 saturated carbocycles. The molecule has 124 valence electrons. The lowest BCUT2D eigenvalue weighted by Crippen LogP contribution is -2.37. The molecule has 0 spiro atoms. The molecule has 0 aliphatic carbocycles. The number of thiophene rings is 1. The van der Waals surface area contributed by atoms with Crippen molar-refractivity contribution in [3.8, 4) is 11.4 Å². The molecule has 3 heterocycles. The highest BCUT2D eigenvalue weighted by Gasteiger charge is 2.23. The van der Waals surface area contributed by atoms with E-state index in [0.29, 0.717) is 24.9 Å². The van der Waals surface area contributed by atoms with E-state index in [2.05, 4.69) is 15.0 Å². The van der Waals surface area contributed by atoms with E-state index in [9.17, 15) is 0 Å². The maximum atomic E-state index is 5.95. The second-order valence-electron chi connectivity index (χ2n) is 5.67. The van der Waals surface area contributed by atoms with Crippen molar-refractivity contribution in [3.63, 3.8) is 0 Å². The van der Waals surface area contributed by atoms with Gasteiger partial charge in [-0.1, -0.05) is 28.9 Å². The summed E-state index contributed by atoms with van der Waals surface area (Å²) in [5.74, 6) is 1.28. The van der Waals surface area contributed by atoms with Crippen LogP contribution >= 0.6 is 22.9 Å². The lowest BCUT2D eigenvalue weighted by molar-refractivity contribution is -0.0355. The molecule has 5 nitrogen and oxygen atoms in total. The Bertz CT molecular complexity index is 789. The fourth-order valence-corrected chi connectivity index (χ4v) is 3.50. The summed E-state index contributed by atoms with van der Waals surface area (Å²) in [6, 6.07) is 9.80. The van der Waals surface area contributed by atoms with Gasteiger partial charge in [-0.25, -0.2) is 0 Å². The molecule has 0 N–H and O–H groups in total. The van der Waals surface area contributed by atoms with Gasteiger partial charge in [0.25, 0.3) is 0 Å². The van der Waals surface area contributed by atoms with Crippen molar-refractivity contribution in [2.75, 3.05) is 19.7 Å². The third-order valence-electron chi connectivity index (χ3n) is 4.00. The van der Waals surface area contributed by atoms with Gasteiger partial charge in [0.1, 0.15) is 0 Å². The van der Waals surface area contributed by atoms with E-state index in [1.807, 2.05) is 41.1 Å². The first-order valence-electron chi connectivity index (χ1n) is 7.72. The maximum absolute atomic E-state index is 5.95.